The molecular formula is C29H25N5O2. The smallest absolute Gasteiger partial charge is 0.266 e. The average molecular weight is 476 g/mol. The third-order valence-electron chi connectivity index (χ3n) is 5.55. The van der Waals surface area contributed by atoms with Gasteiger partial charge in [0.2, 0.25) is 0 Å². The maximum atomic E-state index is 12.9. The molecule has 0 unspecified atom stereocenters. The van der Waals surface area contributed by atoms with E-state index in [9.17, 15) is 14.9 Å². The van der Waals surface area contributed by atoms with Crippen LogP contribution in [0.1, 0.15) is 21.5 Å². The number of nitrogens with zero attached hydrogens (tertiary/aromatic N) is 4. The van der Waals surface area contributed by atoms with E-state index < -0.39 is 5.91 Å². The number of aryl methyl sites for hydroxylation is 1. The summed E-state index contributed by atoms with van der Waals surface area (Å²) in [4.78, 5) is 26.5. The molecule has 0 spiro atoms. The molecule has 0 aliphatic rings. The molecule has 0 bridgehead atoms. The van der Waals surface area contributed by atoms with Crippen LogP contribution in [0.5, 0.6) is 0 Å². The number of nitriles is 1. The van der Waals surface area contributed by atoms with Gasteiger partial charge in [0.05, 0.1) is 11.4 Å². The van der Waals surface area contributed by atoms with Crippen LogP contribution in [0.2, 0.25) is 0 Å². The van der Waals surface area contributed by atoms with Gasteiger partial charge in [0.15, 0.2) is 0 Å². The van der Waals surface area contributed by atoms with E-state index in [1.54, 1.807) is 55.3 Å². The first kappa shape index (κ1) is 24.2. The number of para-hydroxylation sites is 1. The maximum absolute atomic E-state index is 12.9. The highest BCUT2D eigenvalue weighted by Crippen LogP contribution is 2.26. The predicted octanol–water partition coefficient (Wildman–Crippen LogP) is 5.10. The number of hydrogen-bond donors (Lipinski definition) is 1. The fraction of sp³-hybridized carbons (Fsp3) is 0.103. The van der Waals surface area contributed by atoms with Gasteiger partial charge in [-0.3, -0.25) is 9.59 Å². The van der Waals surface area contributed by atoms with E-state index >= 15 is 0 Å². The van der Waals surface area contributed by atoms with Crippen molar-refractivity contribution in [3.63, 3.8) is 0 Å². The summed E-state index contributed by atoms with van der Waals surface area (Å²) in [5.74, 6) is -0.684. The number of carbonyl (C=O) groups is 2. The van der Waals surface area contributed by atoms with Gasteiger partial charge in [0, 0.05) is 42.7 Å². The van der Waals surface area contributed by atoms with Gasteiger partial charge in [0.1, 0.15) is 11.6 Å². The molecule has 7 nitrogen and oxygen atoms in total. The summed E-state index contributed by atoms with van der Waals surface area (Å²) in [5.41, 5.74) is 5.08. The van der Waals surface area contributed by atoms with Gasteiger partial charge in [-0.25, -0.2) is 4.68 Å². The van der Waals surface area contributed by atoms with Crippen LogP contribution in [-0.2, 0) is 4.79 Å². The zero-order valence-corrected chi connectivity index (χ0v) is 20.3. The summed E-state index contributed by atoms with van der Waals surface area (Å²) in [6.07, 6.45) is 3.34. The number of nitrogens with one attached hydrogen (secondary N) is 1. The lowest BCUT2D eigenvalue weighted by Gasteiger charge is -2.11. The number of benzene rings is 3. The molecular weight excluding hydrogens is 450 g/mol. The van der Waals surface area contributed by atoms with Gasteiger partial charge in [-0.15, -0.1) is 0 Å². The van der Waals surface area contributed by atoms with Gasteiger partial charge in [0.25, 0.3) is 11.8 Å². The Kier molecular flexibility index (Phi) is 7.07. The number of carbonyl (C=O) groups excluding carboxylic acids is 2. The summed E-state index contributed by atoms with van der Waals surface area (Å²) < 4.78 is 1.73. The summed E-state index contributed by atoms with van der Waals surface area (Å²) in [7, 11) is 3.35. The molecule has 3 aromatic carbocycles. The van der Waals surface area contributed by atoms with Gasteiger partial charge < -0.3 is 10.2 Å². The second kappa shape index (κ2) is 10.5. The molecule has 4 aromatic rings. The number of amides is 2. The molecule has 0 fully saturated rings. The number of rotatable bonds is 6. The largest absolute Gasteiger partial charge is 0.345 e. The Morgan fingerprint density at radius 2 is 1.64 bits per heavy atom. The van der Waals surface area contributed by atoms with Gasteiger partial charge in [-0.05, 0) is 49.4 Å². The summed E-state index contributed by atoms with van der Waals surface area (Å²) >= 11 is 0. The van der Waals surface area contributed by atoms with E-state index in [4.69, 9.17) is 5.10 Å². The Bertz CT molecular complexity index is 1460. The van der Waals surface area contributed by atoms with Crippen LogP contribution in [0.3, 0.4) is 0 Å². The highest BCUT2D eigenvalue weighted by Gasteiger charge is 2.16. The molecule has 178 valence electrons. The lowest BCUT2D eigenvalue weighted by Crippen LogP contribution is -2.21. The van der Waals surface area contributed by atoms with E-state index in [-0.39, 0.29) is 11.5 Å². The first-order valence-electron chi connectivity index (χ1n) is 11.3. The molecule has 2 amide bonds. The predicted molar refractivity (Wildman–Crippen MR) is 140 cm³/mol. The minimum atomic E-state index is -0.550. The molecule has 7 heteroatoms. The van der Waals surface area contributed by atoms with Gasteiger partial charge in [-0.2, -0.15) is 10.4 Å². The lowest BCUT2D eigenvalue weighted by atomic mass is 10.0. The fourth-order valence-corrected chi connectivity index (χ4v) is 3.60. The highest BCUT2D eigenvalue weighted by atomic mass is 16.2. The second-order valence-corrected chi connectivity index (χ2v) is 8.48. The first-order chi connectivity index (χ1) is 17.4. The van der Waals surface area contributed by atoms with Crippen LogP contribution < -0.4 is 5.32 Å². The normalized spacial score (nSPS) is 11.0. The molecule has 1 heterocycles. The van der Waals surface area contributed by atoms with Crippen molar-refractivity contribution in [2.24, 2.45) is 0 Å². The standard InChI is InChI=1S/C29H25N5O2/c1-20-9-11-21(12-10-20)27-24(19-34(32-27)26-7-5-4-6-8-26)17-23(18-30)28(35)31-25-15-13-22(14-16-25)29(36)33(2)3/h4-17,19H,1-3H3,(H,31,35)/b23-17+. The van der Waals surface area contributed by atoms with Crippen LogP contribution in [0.4, 0.5) is 5.69 Å². The molecule has 0 aliphatic carbocycles. The quantitative estimate of drug-likeness (QED) is 0.310. The highest BCUT2D eigenvalue weighted by molar-refractivity contribution is 6.10. The van der Waals surface area contributed by atoms with Crippen molar-refractivity contribution < 1.29 is 9.59 Å². The van der Waals surface area contributed by atoms with Crippen LogP contribution in [0, 0.1) is 18.3 Å². The van der Waals surface area contributed by atoms with Crippen LogP contribution in [0.25, 0.3) is 23.0 Å². The van der Waals surface area contributed by atoms with Crippen LogP contribution >= 0.6 is 0 Å². The molecule has 36 heavy (non-hydrogen) atoms. The summed E-state index contributed by atoms with van der Waals surface area (Å²) in [6, 6.07) is 26.1. The molecule has 0 atom stereocenters. The Labute approximate surface area is 209 Å². The Balaban J connectivity index is 1.66. The van der Waals surface area contributed by atoms with E-state index in [1.807, 2.05) is 67.6 Å². The van der Waals surface area contributed by atoms with Crippen molar-refractivity contribution in [3.05, 3.63) is 107 Å². The molecule has 1 aromatic heterocycles. The Morgan fingerprint density at radius 1 is 0.972 bits per heavy atom. The fourth-order valence-electron chi connectivity index (χ4n) is 3.60. The third-order valence-corrected chi connectivity index (χ3v) is 5.55. The lowest BCUT2D eigenvalue weighted by molar-refractivity contribution is -0.112. The van der Waals surface area contributed by atoms with E-state index in [0.29, 0.717) is 22.5 Å². The summed E-state index contributed by atoms with van der Waals surface area (Å²) in [6.45, 7) is 2.01. The molecule has 0 radical (unpaired) electrons. The van der Waals surface area contributed by atoms with Crippen LogP contribution in [0.15, 0.2) is 90.6 Å². The Morgan fingerprint density at radius 3 is 2.25 bits per heavy atom. The SMILES string of the molecule is Cc1ccc(-c2nn(-c3ccccc3)cc2/C=C(\C#N)C(=O)Nc2ccc(C(=O)N(C)C)cc2)cc1. The number of hydrogen-bond acceptors (Lipinski definition) is 4. The van der Waals surface area contributed by atoms with E-state index in [1.165, 1.54) is 4.90 Å². The van der Waals surface area contributed by atoms with E-state index in [0.717, 1.165) is 16.8 Å². The minimum Gasteiger partial charge on any atom is -0.345 e. The van der Waals surface area contributed by atoms with Crippen molar-refractivity contribution >= 4 is 23.6 Å². The summed E-state index contributed by atoms with van der Waals surface area (Å²) in [5, 5.41) is 17.3. The number of aromatic nitrogens is 2. The van der Waals surface area contributed by atoms with Crippen molar-refractivity contribution in [2.75, 3.05) is 19.4 Å². The molecule has 0 saturated heterocycles. The zero-order chi connectivity index (χ0) is 25.7. The average Bonchev–Trinajstić information content (AvgIpc) is 3.32. The van der Waals surface area contributed by atoms with Crippen molar-refractivity contribution in [2.45, 2.75) is 6.92 Å². The minimum absolute atomic E-state index is 0.0654. The zero-order valence-electron chi connectivity index (χ0n) is 20.3. The van der Waals surface area contributed by atoms with Gasteiger partial charge >= 0.3 is 0 Å². The third kappa shape index (κ3) is 5.40. The topological polar surface area (TPSA) is 91.0 Å². The monoisotopic (exact) mass is 475 g/mol. The van der Waals surface area contributed by atoms with Crippen LogP contribution in [-0.4, -0.2) is 40.6 Å². The van der Waals surface area contributed by atoms with Crippen molar-refractivity contribution in [1.29, 1.82) is 5.26 Å². The van der Waals surface area contributed by atoms with Crippen molar-refractivity contribution in [1.82, 2.24) is 14.7 Å². The molecule has 0 saturated carbocycles. The Hall–Kier alpha value is -4.96. The molecule has 4 rings (SSSR count). The maximum Gasteiger partial charge on any atom is 0.266 e. The molecule has 1 N–H and O–H groups in total. The van der Waals surface area contributed by atoms with Crippen molar-refractivity contribution in [3.8, 4) is 23.0 Å². The van der Waals surface area contributed by atoms with E-state index in [2.05, 4.69) is 5.32 Å². The number of anilines is 1. The second-order valence-electron chi connectivity index (χ2n) is 8.48. The first-order valence-corrected chi connectivity index (χ1v) is 11.3. The molecule has 0 aliphatic heterocycles. The van der Waals surface area contributed by atoms with Gasteiger partial charge in [-0.1, -0.05) is 48.0 Å².